The van der Waals surface area contributed by atoms with Crippen molar-refractivity contribution < 1.29 is 10.2 Å². The van der Waals surface area contributed by atoms with Gasteiger partial charge in [0.1, 0.15) is 22.5 Å². The van der Waals surface area contributed by atoms with E-state index in [1.54, 1.807) is 36.4 Å². The number of aromatic hydroxyl groups is 1. The molecule has 0 amide bonds. The Hall–Kier alpha value is -2.91. The summed E-state index contributed by atoms with van der Waals surface area (Å²) in [5.41, 5.74) is 3.06. The molecule has 0 spiro atoms. The van der Waals surface area contributed by atoms with Gasteiger partial charge >= 0.3 is 0 Å². The number of phenols is 1. The number of benzene rings is 2. The molecule has 104 valence electrons. The highest BCUT2D eigenvalue weighted by atomic mass is 16.3. The van der Waals surface area contributed by atoms with Gasteiger partial charge in [-0.3, -0.25) is 0 Å². The fraction of sp³-hybridized carbons (Fsp3) is 0.133. The van der Waals surface area contributed by atoms with E-state index in [4.69, 9.17) is 11.7 Å². The summed E-state index contributed by atoms with van der Waals surface area (Å²) >= 11 is 0. The van der Waals surface area contributed by atoms with Crippen LogP contribution in [0.1, 0.15) is 5.56 Å². The molecule has 0 aliphatic rings. The lowest BCUT2D eigenvalue weighted by Crippen LogP contribution is -2.01. The first-order valence-corrected chi connectivity index (χ1v) is 6.39. The zero-order chi connectivity index (χ0) is 14.8. The summed E-state index contributed by atoms with van der Waals surface area (Å²) in [6, 6.07) is 10.1. The van der Waals surface area contributed by atoms with Crippen molar-refractivity contribution in [2.24, 2.45) is 0 Å². The first-order chi connectivity index (χ1) is 10.2. The molecule has 6 nitrogen and oxygen atoms in total. The highest BCUT2D eigenvalue weighted by molar-refractivity contribution is 5.78. The summed E-state index contributed by atoms with van der Waals surface area (Å²) in [6.07, 6.45) is 0.496. The average molecular weight is 280 g/mol. The number of fused-ring (bicyclic) bond motifs is 1. The number of aliphatic hydroxyl groups is 1. The van der Waals surface area contributed by atoms with Gasteiger partial charge in [0.15, 0.2) is 5.69 Å². The number of hydrogen-bond donors (Lipinski definition) is 2. The number of rotatable bonds is 3. The Bertz CT molecular complexity index is 848. The summed E-state index contributed by atoms with van der Waals surface area (Å²) in [5.74, 6) is 0.0578. The highest BCUT2D eigenvalue weighted by Crippen LogP contribution is 2.24. The molecule has 0 saturated heterocycles. The number of aromatic nitrogens is 3. The molecule has 0 fully saturated rings. The fourth-order valence-electron chi connectivity index (χ4n) is 2.09. The van der Waals surface area contributed by atoms with Crippen molar-refractivity contribution in [1.29, 1.82) is 0 Å². The van der Waals surface area contributed by atoms with Crippen molar-refractivity contribution in [2.75, 3.05) is 6.61 Å². The van der Waals surface area contributed by atoms with Crippen LogP contribution in [0, 0.1) is 6.57 Å². The van der Waals surface area contributed by atoms with E-state index in [9.17, 15) is 5.11 Å². The average Bonchev–Trinajstić information content (AvgIpc) is 2.92. The van der Waals surface area contributed by atoms with Crippen LogP contribution >= 0.6 is 0 Å². The predicted molar refractivity (Wildman–Crippen MR) is 77.6 cm³/mol. The van der Waals surface area contributed by atoms with Gasteiger partial charge in [-0.2, -0.15) is 0 Å². The van der Waals surface area contributed by atoms with E-state index in [0.29, 0.717) is 28.8 Å². The second-order valence-electron chi connectivity index (χ2n) is 4.57. The number of aliphatic hydroxyl groups excluding tert-OH is 1. The minimum atomic E-state index is 0.0348. The molecule has 2 N–H and O–H groups in total. The minimum absolute atomic E-state index is 0.0348. The van der Waals surface area contributed by atoms with Crippen LogP contribution in [-0.4, -0.2) is 31.8 Å². The topological polar surface area (TPSA) is 75.5 Å². The van der Waals surface area contributed by atoms with Crippen molar-refractivity contribution >= 4 is 16.7 Å². The van der Waals surface area contributed by atoms with Gasteiger partial charge in [-0.15, -0.1) is 15.0 Å². The highest BCUT2D eigenvalue weighted by Gasteiger charge is 2.10. The Labute approximate surface area is 120 Å². The molecule has 0 radical (unpaired) electrons. The third-order valence-corrected chi connectivity index (χ3v) is 3.15. The van der Waals surface area contributed by atoms with Crippen LogP contribution in [0.15, 0.2) is 36.4 Å². The molecule has 21 heavy (non-hydrogen) atoms. The molecule has 2 aromatic carbocycles. The first-order valence-electron chi connectivity index (χ1n) is 6.39. The van der Waals surface area contributed by atoms with E-state index in [1.807, 2.05) is 0 Å². The van der Waals surface area contributed by atoms with E-state index in [1.165, 1.54) is 4.80 Å². The molecule has 3 aromatic rings. The molecule has 6 heteroatoms. The lowest BCUT2D eigenvalue weighted by Gasteiger charge is -2.05. The Kier molecular flexibility index (Phi) is 3.26. The standard InChI is InChI=1S/C15H12N4O2/c1-16-11-3-4-12-13(9-11)18-19(17-12)14-8-10(6-7-20)2-5-15(14)21/h2-5,8-9,20-21H,6-7H2. The van der Waals surface area contributed by atoms with E-state index in [0.717, 1.165) is 5.56 Å². The van der Waals surface area contributed by atoms with E-state index < -0.39 is 0 Å². The van der Waals surface area contributed by atoms with Gasteiger partial charge in [-0.25, -0.2) is 4.85 Å². The second-order valence-corrected chi connectivity index (χ2v) is 4.57. The first kappa shape index (κ1) is 13.1. The molecular formula is C15H12N4O2. The maximum absolute atomic E-state index is 9.97. The van der Waals surface area contributed by atoms with Crippen LogP contribution in [0.4, 0.5) is 5.69 Å². The van der Waals surface area contributed by atoms with Crippen molar-refractivity contribution in [3.05, 3.63) is 53.4 Å². The molecule has 3 rings (SSSR count). The van der Waals surface area contributed by atoms with Crippen molar-refractivity contribution in [2.45, 2.75) is 6.42 Å². The monoisotopic (exact) mass is 280 g/mol. The summed E-state index contributed by atoms with van der Waals surface area (Å²) in [6.45, 7) is 7.04. The van der Waals surface area contributed by atoms with Gasteiger partial charge in [-0.1, -0.05) is 12.1 Å². The van der Waals surface area contributed by atoms with Crippen LogP contribution in [-0.2, 0) is 6.42 Å². The maximum atomic E-state index is 9.97. The van der Waals surface area contributed by atoms with E-state index >= 15 is 0 Å². The molecule has 1 heterocycles. The van der Waals surface area contributed by atoms with Gasteiger partial charge in [0, 0.05) is 6.61 Å². The quantitative estimate of drug-likeness (QED) is 0.721. The van der Waals surface area contributed by atoms with Gasteiger partial charge < -0.3 is 10.2 Å². The van der Waals surface area contributed by atoms with Crippen LogP contribution in [0.2, 0.25) is 0 Å². The minimum Gasteiger partial charge on any atom is -0.506 e. The van der Waals surface area contributed by atoms with Crippen LogP contribution in [0.25, 0.3) is 21.6 Å². The Morgan fingerprint density at radius 1 is 1.10 bits per heavy atom. The van der Waals surface area contributed by atoms with Gasteiger partial charge in [0.2, 0.25) is 0 Å². The lowest BCUT2D eigenvalue weighted by atomic mass is 10.1. The van der Waals surface area contributed by atoms with E-state index in [-0.39, 0.29) is 12.4 Å². The van der Waals surface area contributed by atoms with Gasteiger partial charge in [0.25, 0.3) is 0 Å². The largest absolute Gasteiger partial charge is 0.506 e. The Balaban J connectivity index is 2.11. The summed E-state index contributed by atoms with van der Waals surface area (Å²) < 4.78 is 0. The second kappa shape index (κ2) is 5.23. The third kappa shape index (κ3) is 2.42. The number of phenolic OH excluding ortho intramolecular Hbond substituents is 1. The molecule has 0 atom stereocenters. The van der Waals surface area contributed by atoms with Crippen molar-refractivity contribution in [3.8, 4) is 11.4 Å². The van der Waals surface area contributed by atoms with Crippen LogP contribution < -0.4 is 0 Å². The summed E-state index contributed by atoms with van der Waals surface area (Å²) in [7, 11) is 0. The maximum Gasteiger partial charge on any atom is 0.189 e. The molecule has 0 saturated carbocycles. The molecule has 0 unspecified atom stereocenters. The zero-order valence-electron chi connectivity index (χ0n) is 11.1. The molecule has 1 aromatic heterocycles. The van der Waals surface area contributed by atoms with Crippen LogP contribution in [0.3, 0.4) is 0 Å². The third-order valence-electron chi connectivity index (χ3n) is 3.15. The fourth-order valence-corrected chi connectivity index (χ4v) is 2.09. The number of hydrogen-bond acceptors (Lipinski definition) is 4. The normalized spacial score (nSPS) is 10.7. The van der Waals surface area contributed by atoms with Crippen molar-refractivity contribution in [3.63, 3.8) is 0 Å². The Morgan fingerprint density at radius 3 is 2.67 bits per heavy atom. The van der Waals surface area contributed by atoms with E-state index in [2.05, 4.69) is 15.0 Å². The molecule has 0 aliphatic heterocycles. The van der Waals surface area contributed by atoms with Gasteiger partial charge in [-0.05, 0) is 36.2 Å². The lowest BCUT2D eigenvalue weighted by molar-refractivity contribution is 0.299. The van der Waals surface area contributed by atoms with Gasteiger partial charge in [0.05, 0.1) is 6.57 Å². The number of nitrogens with zero attached hydrogens (tertiary/aromatic N) is 4. The van der Waals surface area contributed by atoms with Crippen molar-refractivity contribution in [1.82, 2.24) is 15.0 Å². The molecule has 0 aliphatic carbocycles. The molecular weight excluding hydrogens is 268 g/mol. The zero-order valence-corrected chi connectivity index (χ0v) is 11.1. The summed E-state index contributed by atoms with van der Waals surface area (Å²) in [5, 5.41) is 27.6. The SMILES string of the molecule is [C-]#[N+]c1ccc2nn(-c3cc(CCO)ccc3O)nc2c1. The smallest absolute Gasteiger partial charge is 0.189 e. The van der Waals surface area contributed by atoms with Crippen LogP contribution in [0.5, 0.6) is 5.75 Å². The summed E-state index contributed by atoms with van der Waals surface area (Å²) in [4.78, 5) is 4.70. The molecule has 0 bridgehead atoms. The Morgan fingerprint density at radius 2 is 1.90 bits per heavy atom. The predicted octanol–water partition coefficient (Wildman–Crippen LogP) is 2.21.